The summed E-state index contributed by atoms with van der Waals surface area (Å²) in [6, 6.07) is 0. The lowest BCUT2D eigenvalue weighted by molar-refractivity contribution is 0.874. The summed E-state index contributed by atoms with van der Waals surface area (Å²) in [4.78, 5) is 17.5. The van der Waals surface area contributed by atoms with Gasteiger partial charge in [0.05, 0.1) is 5.69 Å². The summed E-state index contributed by atoms with van der Waals surface area (Å²) in [5.74, 6) is 2.06. The predicted octanol–water partition coefficient (Wildman–Crippen LogP) is 2.50. The number of hydrogen-bond donors (Lipinski definition) is 2. The van der Waals surface area contributed by atoms with Crippen LogP contribution in [-0.2, 0) is 6.42 Å². The molecule has 1 aliphatic carbocycles. The molecule has 7 heteroatoms. The van der Waals surface area contributed by atoms with E-state index in [-0.39, 0.29) is 5.28 Å². The van der Waals surface area contributed by atoms with Gasteiger partial charge in [0.25, 0.3) is 0 Å². The number of hydrogen-bond acceptors (Lipinski definition) is 6. The van der Waals surface area contributed by atoms with Crippen LogP contribution in [0.1, 0.15) is 25.5 Å². The van der Waals surface area contributed by atoms with E-state index < -0.39 is 0 Å². The Morgan fingerprint density at radius 1 is 1.15 bits per heavy atom. The van der Waals surface area contributed by atoms with E-state index in [9.17, 15) is 0 Å². The molecule has 0 spiro atoms. The maximum absolute atomic E-state index is 5.96. The van der Waals surface area contributed by atoms with Crippen molar-refractivity contribution in [2.45, 2.75) is 26.2 Å². The van der Waals surface area contributed by atoms with Crippen molar-refractivity contribution in [2.24, 2.45) is 5.92 Å². The molecule has 0 radical (unpaired) electrons. The first kappa shape index (κ1) is 13.3. The minimum absolute atomic E-state index is 0.230. The van der Waals surface area contributed by atoms with Gasteiger partial charge in [-0.2, -0.15) is 4.98 Å². The molecule has 6 nitrogen and oxygen atoms in total. The van der Waals surface area contributed by atoms with Gasteiger partial charge in [0.1, 0.15) is 11.0 Å². The second-order valence-electron chi connectivity index (χ2n) is 4.96. The van der Waals surface area contributed by atoms with Gasteiger partial charge < -0.3 is 10.6 Å². The van der Waals surface area contributed by atoms with E-state index in [1.54, 1.807) is 0 Å². The zero-order valence-electron chi connectivity index (χ0n) is 11.6. The predicted molar refractivity (Wildman–Crippen MR) is 80.3 cm³/mol. The molecule has 2 aromatic rings. The highest BCUT2D eigenvalue weighted by Crippen LogP contribution is 2.29. The van der Waals surface area contributed by atoms with Crippen molar-refractivity contribution in [1.82, 2.24) is 19.9 Å². The fourth-order valence-electron chi connectivity index (χ4n) is 2.10. The van der Waals surface area contributed by atoms with Crippen LogP contribution in [0.2, 0.25) is 5.28 Å². The molecule has 0 unspecified atom stereocenters. The molecule has 1 fully saturated rings. The SMILES string of the molecule is CCc1nc(Cl)nc2c(NC)nc(NCC3CC3)nc12. The van der Waals surface area contributed by atoms with Crippen LogP contribution in [0.25, 0.3) is 11.0 Å². The van der Waals surface area contributed by atoms with Gasteiger partial charge >= 0.3 is 0 Å². The molecular weight excluding hydrogens is 276 g/mol. The van der Waals surface area contributed by atoms with E-state index in [0.29, 0.717) is 17.3 Å². The van der Waals surface area contributed by atoms with Crippen molar-refractivity contribution >= 4 is 34.4 Å². The third-order valence-corrected chi connectivity index (χ3v) is 3.58. The smallest absolute Gasteiger partial charge is 0.225 e. The normalized spacial score (nSPS) is 14.6. The molecule has 3 rings (SSSR count). The van der Waals surface area contributed by atoms with Crippen LogP contribution in [0.4, 0.5) is 11.8 Å². The third kappa shape index (κ3) is 2.60. The van der Waals surface area contributed by atoms with Gasteiger partial charge in [0, 0.05) is 13.6 Å². The Kier molecular flexibility index (Phi) is 3.56. The van der Waals surface area contributed by atoms with Gasteiger partial charge in [-0.3, -0.25) is 0 Å². The standard InChI is InChI=1S/C13H17ClN6/c1-3-8-9-10(18-12(14)17-8)11(15-2)20-13(19-9)16-6-7-4-5-7/h7H,3-6H2,1-2H3,(H2,15,16,19,20). The van der Waals surface area contributed by atoms with Crippen LogP contribution in [0, 0.1) is 5.92 Å². The van der Waals surface area contributed by atoms with Crippen LogP contribution >= 0.6 is 11.6 Å². The first-order valence-corrected chi connectivity index (χ1v) is 7.24. The highest BCUT2D eigenvalue weighted by molar-refractivity contribution is 6.28. The summed E-state index contributed by atoms with van der Waals surface area (Å²) in [6.07, 6.45) is 3.33. The Morgan fingerprint density at radius 3 is 2.60 bits per heavy atom. The Morgan fingerprint density at radius 2 is 1.95 bits per heavy atom. The molecule has 0 amide bonds. The number of aryl methyl sites for hydroxylation is 1. The number of fused-ring (bicyclic) bond motifs is 1. The highest BCUT2D eigenvalue weighted by atomic mass is 35.5. The number of anilines is 2. The van der Waals surface area contributed by atoms with Crippen LogP contribution in [-0.4, -0.2) is 33.5 Å². The summed E-state index contributed by atoms with van der Waals surface area (Å²) in [6.45, 7) is 2.95. The van der Waals surface area contributed by atoms with Crippen LogP contribution < -0.4 is 10.6 Å². The van der Waals surface area contributed by atoms with Crippen molar-refractivity contribution in [3.63, 3.8) is 0 Å². The minimum atomic E-state index is 0.230. The first-order chi connectivity index (χ1) is 9.71. The minimum Gasteiger partial charge on any atom is -0.371 e. The fraction of sp³-hybridized carbons (Fsp3) is 0.538. The van der Waals surface area contributed by atoms with E-state index in [0.717, 1.165) is 30.1 Å². The average molecular weight is 293 g/mol. The van der Waals surface area contributed by atoms with Crippen molar-refractivity contribution in [3.8, 4) is 0 Å². The van der Waals surface area contributed by atoms with Gasteiger partial charge in [0.15, 0.2) is 5.82 Å². The summed E-state index contributed by atoms with van der Waals surface area (Å²) in [5, 5.41) is 6.57. The summed E-state index contributed by atoms with van der Waals surface area (Å²) < 4.78 is 0. The molecule has 0 saturated heterocycles. The molecular formula is C13H17ClN6. The number of nitrogens with zero attached hydrogens (tertiary/aromatic N) is 4. The van der Waals surface area contributed by atoms with Gasteiger partial charge in [-0.1, -0.05) is 6.92 Å². The van der Waals surface area contributed by atoms with Crippen LogP contribution in [0.15, 0.2) is 0 Å². The molecule has 1 aliphatic rings. The molecule has 2 N–H and O–H groups in total. The van der Waals surface area contributed by atoms with E-state index in [1.807, 2.05) is 14.0 Å². The molecule has 2 aromatic heterocycles. The second-order valence-corrected chi connectivity index (χ2v) is 5.30. The summed E-state index contributed by atoms with van der Waals surface area (Å²) in [5.41, 5.74) is 2.27. The lowest BCUT2D eigenvalue weighted by atomic mass is 10.2. The Hall–Kier alpha value is -1.69. The lowest BCUT2D eigenvalue weighted by Crippen LogP contribution is -2.10. The van der Waals surface area contributed by atoms with Gasteiger partial charge in [0.2, 0.25) is 11.2 Å². The molecule has 2 heterocycles. The fourth-order valence-corrected chi connectivity index (χ4v) is 2.29. The zero-order chi connectivity index (χ0) is 14.1. The van der Waals surface area contributed by atoms with E-state index >= 15 is 0 Å². The summed E-state index contributed by atoms with van der Waals surface area (Å²) >= 11 is 5.96. The van der Waals surface area contributed by atoms with E-state index in [1.165, 1.54) is 12.8 Å². The molecule has 0 aliphatic heterocycles. The van der Waals surface area contributed by atoms with Crippen molar-refractivity contribution in [2.75, 3.05) is 24.2 Å². The molecule has 0 aromatic carbocycles. The number of rotatable bonds is 5. The maximum Gasteiger partial charge on any atom is 0.225 e. The van der Waals surface area contributed by atoms with Crippen LogP contribution in [0.5, 0.6) is 0 Å². The van der Waals surface area contributed by atoms with Crippen molar-refractivity contribution in [3.05, 3.63) is 11.0 Å². The second kappa shape index (κ2) is 5.36. The summed E-state index contributed by atoms with van der Waals surface area (Å²) in [7, 11) is 1.81. The van der Waals surface area contributed by atoms with Crippen molar-refractivity contribution in [1.29, 1.82) is 0 Å². The molecule has 106 valence electrons. The van der Waals surface area contributed by atoms with Crippen LogP contribution in [0.3, 0.4) is 0 Å². The number of nitrogens with one attached hydrogen (secondary N) is 2. The lowest BCUT2D eigenvalue weighted by Gasteiger charge is -2.10. The highest BCUT2D eigenvalue weighted by Gasteiger charge is 2.21. The molecule has 1 saturated carbocycles. The zero-order valence-corrected chi connectivity index (χ0v) is 12.3. The van der Waals surface area contributed by atoms with E-state index in [4.69, 9.17) is 11.6 Å². The van der Waals surface area contributed by atoms with Gasteiger partial charge in [-0.15, -0.1) is 0 Å². The quantitative estimate of drug-likeness (QED) is 0.825. The number of aromatic nitrogens is 4. The largest absolute Gasteiger partial charge is 0.371 e. The van der Waals surface area contributed by atoms with Gasteiger partial charge in [-0.25, -0.2) is 15.0 Å². The van der Waals surface area contributed by atoms with E-state index in [2.05, 4.69) is 30.6 Å². The average Bonchev–Trinajstić information content (AvgIpc) is 3.27. The van der Waals surface area contributed by atoms with Crippen molar-refractivity contribution < 1.29 is 0 Å². The van der Waals surface area contributed by atoms with Gasteiger partial charge in [-0.05, 0) is 36.8 Å². The molecule has 0 bridgehead atoms. The first-order valence-electron chi connectivity index (χ1n) is 6.87. The third-order valence-electron chi connectivity index (χ3n) is 3.41. The Bertz CT molecular complexity index is 640. The number of halogens is 1. The molecule has 0 atom stereocenters. The Balaban J connectivity index is 2.07. The Labute approximate surface area is 122 Å². The molecule has 20 heavy (non-hydrogen) atoms. The monoisotopic (exact) mass is 292 g/mol. The topological polar surface area (TPSA) is 75.6 Å². The maximum atomic E-state index is 5.96.